The maximum Gasteiger partial charge on any atom is 0.221 e. The average Bonchev–Trinajstić information content (AvgIpc) is 3.36. The Labute approximate surface area is 202 Å². The molecule has 1 fully saturated rings. The minimum absolute atomic E-state index is 0.0285. The predicted molar refractivity (Wildman–Crippen MR) is 127 cm³/mol. The van der Waals surface area contributed by atoms with E-state index in [4.69, 9.17) is 16.9 Å². The van der Waals surface area contributed by atoms with Crippen molar-refractivity contribution in [3.8, 4) is 11.8 Å². The number of carbonyl (C=O) groups excluding carboxylic acids is 3. The number of halogens is 1. The van der Waals surface area contributed by atoms with Gasteiger partial charge in [-0.25, -0.2) is 4.68 Å². The second-order valence-electron chi connectivity index (χ2n) is 8.59. The van der Waals surface area contributed by atoms with E-state index in [0.29, 0.717) is 22.7 Å². The van der Waals surface area contributed by atoms with Crippen LogP contribution in [-0.2, 0) is 20.9 Å². The van der Waals surface area contributed by atoms with E-state index >= 15 is 0 Å². The zero-order chi connectivity index (χ0) is 24.4. The summed E-state index contributed by atoms with van der Waals surface area (Å²) in [6.45, 7) is 4.03. The Hall–Kier alpha value is -3.76. The number of hydrogen-bond acceptors (Lipinski definition) is 5. The zero-order valence-electron chi connectivity index (χ0n) is 18.8. The highest BCUT2D eigenvalue weighted by Gasteiger charge is 2.43. The fraction of sp³-hybridized carbons (Fsp3) is 0.269. The number of benzene rings is 2. The quantitative estimate of drug-likeness (QED) is 0.544. The number of aryl methyl sites for hydroxylation is 2. The molecule has 1 saturated carbocycles. The van der Waals surface area contributed by atoms with Crippen LogP contribution in [0.25, 0.3) is 5.69 Å². The lowest BCUT2D eigenvalue weighted by atomic mass is 9.87. The number of Topliss-reactive ketones (excluding diaryl/α,β-unsaturated/α-hetero) is 2. The molecule has 0 saturated heterocycles. The van der Waals surface area contributed by atoms with Crippen LogP contribution in [0.2, 0.25) is 5.02 Å². The molecule has 0 spiro atoms. The van der Waals surface area contributed by atoms with E-state index in [2.05, 4.69) is 10.4 Å². The first kappa shape index (κ1) is 23.4. The molecule has 2 unspecified atom stereocenters. The Bertz CT molecular complexity index is 1300. The van der Waals surface area contributed by atoms with Gasteiger partial charge in [-0.3, -0.25) is 14.4 Å². The van der Waals surface area contributed by atoms with Crippen molar-refractivity contribution in [2.24, 2.45) is 5.92 Å². The largest absolute Gasteiger partial charge is 0.352 e. The Balaban J connectivity index is 1.45. The summed E-state index contributed by atoms with van der Waals surface area (Å²) >= 11 is 5.97. The van der Waals surface area contributed by atoms with Crippen molar-refractivity contribution in [3.63, 3.8) is 0 Å². The van der Waals surface area contributed by atoms with E-state index < -0.39 is 11.8 Å². The molecular formula is C26H23ClN4O3. The van der Waals surface area contributed by atoms with Gasteiger partial charge in [-0.05, 0) is 60.4 Å². The van der Waals surface area contributed by atoms with E-state index in [-0.39, 0.29) is 30.3 Å². The van der Waals surface area contributed by atoms with Crippen LogP contribution in [0.15, 0.2) is 48.8 Å². The van der Waals surface area contributed by atoms with Crippen molar-refractivity contribution in [2.45, 2.75) is 39.2 Å². The summed E-state index contributed by atoms with van der Waals surface area (Å²) in [5.74, 6) is -2.14. The highest BCUT2D eigenvalue weighted by atomic mass is 35.5. The summed E-state index contributed by atoms with van der Waals surface area (Å²) in [7, 11) is 0. The molecule has 1 amide bonds. The van der Waals surface area contributed by atoms with Crippen molar-refractivity contribution in [1.82, 2.24) is 15.1 Å². The van der Waals surface area contributed by atoms with Gasteiger partial charge >= 0.3 is 0 Å². The van der Waals surface area contributed by atoms with E-state index in [1.807, 2.05) is 32.0 Å². The van der Waals surface area contributed by atoms with Gasteiger partial charge in [0.1, 0.15) is 11.7 Å². The van der Waals surface area contributed by atoms with Crippen molar-refractivity contribution in [2.75, 3.05) is 0 Å². The predicted octanol–water partition coefficient (Wildman–Crippen LogP) is 3.96. The molecule has 0 bridgehead atoms. The van der Waals surface area contributed by atoms with E-state index in [1.165, 1.54) is 0 Å². The maximum absolute atomic E-state index is 13.2. The van der Waals surface area contributed by atoms with Crippen LogP contribution in [0.3, 0.4) is 0 Å². The molecule has 3 aromatic rings. The third kappa shape index (κ3) is 4.78. The van der Waals surface area contributed by atoms with Gasteiger partial charge in [-0.15, -0.1) is 0 Å². The third-order valence-electron chi connectivity index (χ3n) is 6.14. The number of carbonyl (C=O) groups is 3. The summed E-state index contributed by atoms with van der Waals surface area (Å²) < 4.78 is 1.64. The summed E-state index contributed by atoms with van der Waals surface area (Å²) in [4.78, 5) is 38.5. The molecule has 2 atom stereocenters. The molecule has 4 rings (SSSR count). The normalized spacial score (nSPS) is 17.6. The molecule has 1 aromatic heterocycles. The molecule has 0 aliphatic heterocycles. The van der Waals surface area contributed by atoms with Crippen LogP contribution in [-0.4, -0.2) is 27.3 Å². The highest BCUT2D eigenvalue weighted by Crippen LogP contribution is 2.37. The number of hydrogen-bond donors (Lipinski definition) is 1. The molecule has 1 N–H and O–H groups in total. The number of nitrogens with zero attached hydrogens (tertiary/aromatic N) is 3. The molecule has 7 nitrogen and oxygen atoms in total. The van der Waals surface area contributed by atoms with Crippen LogP contribution in [0, 0.1) is 31.1 Å². The lowest BCUT2D eigenvalue weighted by Gasteiger charge is -2.17. The monoisotopic (exact) mass is 474 g/mol. The van der Waals surface area contributed by atoms with Crippen molar-refractivity contribution >= 4 is 29.1 Å². The number of aromatic nitrogens is 2. The second-order valence-corrected chi connectivity index (χ2v) is 9.03. The van der Waals surface area contributed by atoms with Crippen LogP contribution in [0.4, 0.5) is 0 Å². The second kappa shape index (κ2) is 9.62. The van der Waals surface area contributed by atoms with Crippen LogP contribution in [0.1, 0.15) is 46.6 Å². The molecule has 172 valence electrons. The van der Waals surface area contributed by atoms with Crippen LogP contribution in [0.5, 0.6) is 0 Å². The number of nitrogens with one attached hydrogen (secondary N) is 1. The first-order valence-corrected chi connectivity index (χ1v) is 11.3. The van der Waals surface area contributed by atoms with Gasteiger partial charge < -0.3 is 5.32 Å². The third-order valence-corrected chi connectivity index (χ3v) is 6.34. The smallest absolute Gasteiger partial charge is 0.221 e. The minimum atomic E-state index is -0.855. The summed E-state index contributed by atoms with van der Waals surface area (Å²) in [5, 5.41) is 16.4. The average molecular weight is 475 g/mol. The zero-order valence-corrected chi connectivity index (χ0v) is 19.6. The number of amides is 1. The topological polar surface area (TPSA) is 105 Å². The Morgan fingerprint density at radius 1 is 1.21 bits per heavy atom. The fourth-order valence-electron chi connectivity index (χ4n) is 4.51. The summed E-state index contributed by atoms with van der Waals surface area (Å²) in [6, 6.07) is 12.7. The molecule has 34 heavy (non-hydrogen) atoms. The van der Waals surface area contributed by atoms with E-state index in [9.17, 15) is 14.4 Å². The van der Waals surface area contributed by atoms with Gasteiger partial charge in [0.2, 0.25) is 5.91 Å². The van der Waals surface area contributed by atoms with Gasteiger partial charge in [0.15, 0.2) is 5.78 Å². The van der Waals surface area contributed by atoms with Gasteiger partial charge in [0.25, 0.3) is 0 Å². The van der Waals surface area contributed by atoms with Crippen molar-refractivity contribution in [1.29, 1.82) is 5.26 Å². The summed E-state index contributed by atoms with van der Waals surface area (Å²) in [6.07, 6.45) is 3.26. The Morgan fingerprint density at radius 2 is 1.88 bits per heavy atom. The SMILES string of the molecule is Cc1cc(-n2cc(Cl)cn2)cc(C)c1C1C(=O)CC(CC(=O)NCc2ccc(C#N)cc2)C1=O. The maximum atomic E-state index is 13.2. The Kier molecular flexibility index (Phi) is 6.62. The van der Waals surface area contributed by atoms with Gasteiger partial charge in [-0.1, -0.05) is 23.7 Å². The van der Waals surface area contributed by atoms with Gasteiger partial charge in [0, 0.05) is 31.5 Å². The molecular weight excluding hydrogens is 452 g/mol. The fourth-order valence-corrected chi connectivity index (χ4v) is 4.64. The van der Waals surface area contributed by atoms with Crippen molar-refractivity contribution < 1.29 is 14.4 Å². The molecule has 1 aliphatic carbocycles. The lowest BCUT2D eigenvalue weighted by molar-refractivity contribution is -0.128. The first-order valence-electron chi connectivity index (χ1n) is 10.9. The molecule has 2 aromatic carbocycles. The number of ketones is 2. The minimum Gasteiger partial charge on any atom is -0.352 e. The molecule has 8 heteroatoms. The van der Waals surface area contributed by atoms with E-state index in [0.717, 1.165) is 22.4 Å². The van der Waals surface area contributed by atoms with Gasteiger partial charge in [0.05, 0.1) is 28.5 Å². The molecule has 1 heterocycles. The standard InChI is InChI=1S/C26H23ClN4O3/c1-15-7-21(31-14-20(27)13-30-31)8-16(2)24(15)25-22(32)9-19(26(25)34)10-23(33)29-12-18-5-3-17(11-28)4-6-18/h3-8,13-14,19,25H,9-10,12H2,1-2H3,(H,29,33). The highest BCUT2D eigenvalue weighted by molar-refractivity contribution is 6.30. The van der Waals surface area contributed by atoms with Crippen molar-refractivity contribution in [3.05, 3.63) is 81.6 Å². The molecule has 1 aliphatic rings. The van der Waals surface area contributed by atoms with Crippen LogP contribution >= 0.6 is 11.6 Å². The van der Waals surface area contributed by atoms with E-state index in [1.54, 1.807) is 41.3 Å². The molecule has 0 radical (unpaired) electrons. The first-order chi connectivity index (χ1) is 16.3. The number of nitriles is 1. The Morgan fingerprint density at radius 3 is 2.47 bits per heavy atom. The summed E-state index contributed by atoms with van der Waals surface area (Å²) in [5.41, 5.74) is 4.53. The van der Waals surface area contributed by atoms with Gasteiger partial charge in [-0.2, -0.15) is 10.4 Å². The van der Waals surface area contributed by atoms with Crippen LogP contribution < -0.4 is 5.32 Å². The lowest BCUT2D eigenvalue weighted by Crippen LogP contribution is -2.27. The number of rotatable bonds is 6.